The van der Waals surface area contributed by atoms with Crippen LogP contribution in [0.15, 0.2) is 65.1 Å². The van der Waals surface area contributed by atoms with E-state index in [9.17, 15) is 9.59 Å². The molecule has 0 atom stereocenters. The Morgan fingerprint density at radius 1 is 0.926 bits per heavy atom. The summed E-state index contributed by atoms with van der Waals surface area (Å²) in [4.78, 5) is 25.2. The van der Waals surface area contributed by atoms with E-state index in [2.05, 4.69) is 15.8 Å². The van der Waals surface area contributed by atoms with Crippen LogP contribution in [0.1, 0.15) is 25.6 Å². The van der Waals surface area contributed by atoms with Crippen molar-refractivity contribution in [1.82, 2.24) is 5.43 Å². The molecule has 8 heteroatoms. The summed E-state index contributed by atoms with van der Waals surface area (Å²) in [5.74, 6) is -0.756. The van der Waals surface area contributed by atoms with E-state index < -0.39 is 5.91 Å². The van der Waals surface area contributed by atoms with Crippen LogP contribution < -0.4 is 10.7 Å². The number of rotatable bonds is 5. The number of benzene rings is 2. The van der Waals surface area contributed by atoms with Crippen LogP contribution in [-0.4, -0.2) is 18.0 Å². The van der Waals surface area contributed by atoms with Gasteiger partial charge in [-0.25, -0.2) is 5.43 Å². The van der Waals surface area contributed by atoms with Crippen LogP contribution in [-0.2, 0) is 0 Å². The molecule has 3 aromatic rings. The van der Waals surface area contributed by atoms with Gasteiger partial charge in [-0.15, -0.1) is 11.3 Å². The van der Waals surface area contributed by atoms with Crippen molar-refractivity contribution >= 4 is 58.3 Å². The van der Waals surface area contributed by atoms with Gasteiger partial charge in [0, 0.05) is 5.56 Å². The summed E-state index contributed by atoms with van der Waals surface area (Å²) in [5, 5.41) is 9.29. The Hall–Kier alpha value is -2.67. The normalized spacial score (nSPS) is 10.7. The molecule has 2 aromatic carbocycles. The Bertz CT molecular complexity index is 984. The van der Waals surface area contributed by atoms with Gasteiger partial charge in [0.2, 0.25) is 0 Å². The van der Waals surface area contributed by atoms with E-state index in [1.54, 1.807) is 54.6 Å². The smallest absolute Gasteiger partial charge is 0.273 e. The van der Waals surface area contributed by atoms with E-state index in [0.29, 0.717) is 26.2 Å². The molecule has 0 aliphatic rings. The van der Waals surface area contributed by atoms with Gasteiger partial charge in [-0.3, -0.25) is 9.59 Å². The van der Waals surface area contributed by atoms with Gasteiger partial charge in [0.05, 0.1) is 32.4 Å². The van der Waals surface area contributed by atoms with E-state index in [0.717, 1.165) is 0 Å². The predicted molar refractivity (Wildman–Crippen MR) is 110 cm³/mol. The van der Waals surface area contributed by atoms with Crippen LogP contribution in [0.4, 0.5) is 5.69 Å². The molecule has 0 aliphatic heterocycles. The summed E-state index contributed by atoms with van der Waals surface area (Å²) in [6, 6.07) is 15.2. The second kappa shape index (κ2) is 8.81. The summed E-state index contributed by atoms with van der Waals surface area (Å²) in [5.41, 5.74) is 3.59. The third-order valence-corrected chi connectivity index (χ3v) is 5.05. The molecule has 136 valence electrons. The van der Waals surface area contributed by atoms with Crippen molar-refractivity contribution in [3.63, 3.8) is 0 Å². The summed E-state index contributed by atoms with van der Waals surface area (Å²) >= 11 is 13.4. The number of amides is 2. The molecule has 27 heavy (non-hydrogen) atoms. The van der Waals surface area contributed by atoms with Gasteiger partial charge >= 0.3 is 0 Å². The molecule has 1 heterocycles. The third-order valence-electron chi connectivity index (χ3n) is 3.52. The first kappa shape index (κ1) is 19.1. The molecule has 1 aromatic heterocycles. The monoisotopic (exact) mass is 417 g/mol. The summed E-state index contributed by atoms with van der Waals surface area (Å²) < 4.78 is 0. The maximum atomic E-state index is 12.5. The molecule has 0 aliphatic carbocycles. The van der Waals surface area contributed by atoms with Gasteiger partial charge in [0.15, 0.2) is 0 Å². The number of hydrogen-bond donors (Lipinski definition) is 2. The minimum atomic E-state index is -0.475. The quantitative estimate of drug-likeness (QED) is 0.449. The highest BCUT2D eigenvalue weighted by molar-refractivity contribution is 7.12. The number of hydrogen-bond acceptors (Lipinski definition) is 4. The number of nitrogens with one attached hydrogen (secondary N) is 2. The van der Waals surface area contributed by atoms with E-state index in [-0.39, 0.29) is 11.5 Å². The van der Waals surface area contributed by atoms with E-state index in [1.165, 1.54) is 17.6 Å². The minimum absolute atomic E-state index is 0.281. The van der Waals surface area contributed by atoms with E-state index in [1.807, 2.05) is 5.38 Å². The molecule has 0 saturated carbocycles. The fourth-order valence-electron chi connectivity index (χ4n) is 2.23. The molecule has 0 bridgehead atoms. The largest absolute Gasteiger partial charge is 0.321 e. The number of halogens is 2. The highest BCUT2D eigenvalue weighted by Crippen LogP contribution is 2.22. The van der Waals surface area contributed by atoms with Crippen molar-refractivity contribution < 1.29 is 9.59 Å². The van der Waals surface area contributed by atoms with Crippen LogP contribution >= 0.6 is 34.5 Å². The lowest BCUT2D eigenvalue weighted by Gasteiger charge is -2.09. The second-order valence-corrected chi connectivity index (χ2v) is 7.07. The molecular weight excluding hydrogens is 405 g/mol. The number of carbonyl (C=O) groups excluding carboxylic acids is 2. The van der Waals surface area contributed by atoms with Crippen molar-refractivity contribution in [2.24, 2.45) is 5.10 Å². The van der Waals surface area contributed by atoms with Crippen LogP contribution in [0, 0.1) is 0 Å². The topological polar surface area (TPSA) is 70.6 Å². The van der Waals surface area contributed by atoms with Gasteiger partial charge < -0.3 is 5.32 Å². The van der Waals surface area contributed by atoms with Crippen molar-refractivity contribution in [3.05, 3.63) is 86.0 Å². The lowest BCUT2D eigenvalue weighted by atomic mass is 10.1. The molecule has 2 amide bonds. The summed E-state index contributed by atoms with van der Waals surface area (Å²) in [7, 11) is 0. The average molecular weight is 418 g/mol. The lowest BCUT2D eigenvalue weighted by molar-refractivity contribution is 0.0956. The number of thiophene rings is 1. The zero-order valence-corrected chi connectivity index (χ0v) is 16.1. The van der Waals surface area contributed by atoms with E-state index in [4.69, 9.17) is 23.2 Å². The maximum Gasteiger partial charge on any atom is 0.273 e. The first-order valence-corrected chi connectivity index (χ1v) is 9.41. The second-order valence-electron chi connectivity index (χ2n) is 5.31. The number of para-hydroxylation sites is 1. The van der Waals surface area contributed by atoms with Gasteiger partial charge in [-0.2, -0.15) is 5.10 Å². The van der Waals surface area contributed by atoms with Crippen molar-refractivity contribution in [2.75, 3.05) is 5.32 Å². The number of hydrazone groups is 1. The average Bonchev–Trinajstić information content (AvgIpc) is 3.19. The zero-order valence-electron chi connectivity index (χ0n) is 13.8. The van der Waals surface area contributed by atoms with Crippen molar-refractivity contribution in [1.29, 1.82) is 0 Å². The Morgan fingerprint density at radius 3 is 2.37 bits per heavy atom. The molecule has 0 spiro atoms. The highest BCUT2D eigenvalue weighted by Gasteiger charge is 2.14. The Kier molecular flexibility index (Phi) is 6.24. The maximum absolute atomic E-state index is 12.5. The Morgan fingerprint density at radius 2 is 1.67 bits per heavy atom. The first-order chi connectivity index (χ1) is 13.1. The lowest BCUT2D eigenvalue weighted by Crippen LogP contribution is -2.21. The van der Waals surface area contributed by atoms with Gasteiger partial charge in [0.1, 0.15) is 0 Å². The molecule has 5 nitrogen and oxygen atoms in total. The Balaban J connectivity index is 1.74. The molecular formula is C19H13Cl2N3O2S. The van der Waals surface area contributed by atoms with Crippen LogP contribution in [0.5, 0.6) is 0 Å². The predicted octanol–water partition coefficient (Wildman–Crippen LogP) is 5.07. The van der Waals surface area contributed by atoms with Gasteiger partial charge in [0.25, 0.3) is 11.8 Å². The van der Waals surface area contributed by atoms with Crippen LogP contribution in [0.2, 0.25) is 10.0 Å². The van der Waals surface area contributed by atoms with Crippen molar-refractivity contribution in [3.8, 4) is 0 Å². The van der Waals surface area contributed by atoms with E-state index >= 15 is 0 Å². The Labute approximate surface area is 169 Å². The highest BCUT2D eigenvalue weighted by atomic mass is 35.5. The van der Waals surface area contributed by atoms with Crippen LogP contribution in [0.3, 0.4) is 0 Å². The molecule has 0 saturated heterocycles. The first-order valence-electron chi connectivity index (χ1n) is 7.77. The number of nitrogens with zero attached hydrogens (tertiary/aromatic N) is 1. The standard InChI is InChI=1S/C19H13Cl2N3O2S/c20-14-6-3-7-15(21)13(14)11-22-24-18(25)12-5-1-2-8-16(12)23-19(26)17-9-4-10-27-17/h1-11H,(H,23,26)(H,24,25)/b22-11-. The SMILES string of the molecule is O=C(Nc1ccccc1C(=O)N/N=C\c1c(Cl)cccc1Cl)c1cccs1. The summed E-state index contributed by atoms with van der Waals surface area (Å²) in [6.07, 6.45) is 1.37. The van der Waals surface area contributed by atoms with Crippen molar-refractivity contribution in [2.45, 2.75) is 0 Å². The fraction of sp³-hybridized carbons (Fsp3) is 0. The molecule has 0 fully saturated rings. The number of anilines is 1. The molecule has 3 rings (SSSR count). The molecule has 2 N–H and O–H groups in total. The fourth-order valence-corrected chi connectivity index (χ4v) is 3.35. The molecule has 0 unspecified atom stereocenters. The number of carbonyl (C=O) groups is 2. The van der Waals surface area contributed by atoms with Gasteiger partial charge in [-0.05, 0) is 35.7 Å². The minimum Gasteiger partial charge on any atom is -0.321 e. The summed E-state index contributed by atoms with van der Waals surface area (Å²) in [6.45, 7) is 0. The van der Waals surface area contributed by atoms with Crippen LogP contribution in [0.25, 0.3) is 0 Å². The zero-order chi connectivity index (χ0) is 19.2. The third kappa shape index (κ3) is 4.74. The molecule has 0 radical (unpaired) electrons. The van der Waals surface area contributed by atoms with Gasteiger partial charge in [-0.1, -0.05) is 47.5 Å².